The van der Waals surface area contributed by atoms with E-state index in [9.17, 15) is 9.59 Å². The largest absolute Gasteiger partial charge is 0.355 e. The van der Waals surface area contributed by atoms with E-state index in [4.69, 9.17) is 11.6 Å². The van der Waals surface area contributed by atoms with Gasteiger partial charge in [0.05, 0.1) is 22.4 Å². The fraction of sp³-hybridized carbons (Fsp3) is 0.360. The molecule has 0 aliphatic rings. The van der Waals surface area contributed by atoms with Crippen LogP contribution in [-0.2, 0) is 18.3 Å². The molecule has 34 heavy (non-hydrogen) atoms. The third-order valence-corrected chi connectivity index (χ3v) is 6.57. The zero-order valence-electron chi connectivity index (χ0n) is 19.6. The summed E-state index contributed by atoms with van der Waals surface area (Å²) in [6.07, 6.45) is 1.47. The Hall–Kier alpha value is -2.84. The quantitative estimate of drug-likeness (QED) is 0.381. The van der Waals surface area contributed by atoms with Crippen molar-refractivity contribution in [1.82, 2.24) is 25.4 Å². The molecule has 1 aromatic heterocycles. The summed E-state index contributed by atoms with van der Waals surface area (Å²) in [6.45, 7) is 4.75. The van der Waals surface area contributed by atoms with Gasteiger partial charge in [0.25, 0.3) is 5.91 Å². The van der Waals surface area contributed by atoms with Gasteiger partial charge in [-0.2, -0.15) is 0 Å². The van der Waals surface area contributed by atoms with Gasteiger partial charge in [0, 0.05) is 13.6 Å². The van der Waals surface area contributed by atoms with Crippen LogP contribution in [0.2, 0.25) is 5.02 Å². The molecule has 0 aliphatic heterocycles. The molecule has 0 radical (unpaired) electrons. The van der Waals surface area contributed by atoms with Crippen molar-refractivity contribution in [2.75, 3.05) is 12.3 Å². The Morgan fingerprint density at radius 1 is 1.06 bits per heavy atom. The number of thioether (sulfide) groups is 1. The lowest BCUT2D eigenvalue weighted by molar-refractivity contribution is -0.118. The van der Waals surface area contributed by atoms with Crippen molar-refractivity contribution in [3.8, 4) is 0 Å². The molecule has 9 heteroatoms. The number of aromatic nitrogens is 3. The van der Waals surface area contributed by atoms with Gasteiger partial charge in [-0.25, -0.2) is 0 Å². The monoisotopic (exact) mass is 499 g/mol. The number of nitrogens with one attached hydrogen (secondary N) is 2. The smallest absolute Gasteiger partial charge is 0.253 e. The van der Waals surface area contributed by atoms with Crippen molar-refractivity contribution in [2.45, 2.75) is 37.9 Å². The first-order chi connectivity index (χ1) is 16.3. The number of carbonyl (C=O) groups is 2. The predicted molar refractivity (Wildman–Crippen MR) is 136 cm³/mol. The minimum Gasteiger partial charge on any atom is -0.355 e. The van der Waals surface area contributed by atoms with Gasteiger partial charge < -0.3 is 15.2 Å². The summed E-state index contributed by atoms with van der Waals surface area (Å²) in [7, 11) is 1.85. The molecule has 1 heterocycles. The van der Waals surface area contributed by atoms with Crippen LogP contribution in [0.1, 0.15) is 48.1 Å². The van der Waals surface area contributed by atoms with Gasteiger partial charge in [0.2, 0.25) is 5.91 Å². The summed E-state index contributed by atoms with van der Waals surface area (Å²) < 4.78 is 1.84. The number of hydrogen-bond donors (Lipinski definition) is 2. The topological polar surface area (TPSA) is 88.9 Å². The first kappa shape index (κ1) is 25.8. The summed E-state index contributed by atoms with van der Waals surface area (Å²) in [6, 6.07) is 16.6. The molecule has 0 aliphatic carbocycles. The highest BCUT2D eigenvalue weighted by atomic mass is 35.5. The Morgan fingerprint density at radius 2 is 1.76 bits per heavy atom. The van der Waals surface area contributed by atoms with Crippen molar-refractivity contribution < 1.29 is 9.59 Å². The van der Waals surface area contributed by atoms with Crippen molar-refractivity contribution in [1.29, 1.82) is 0 Å². The molecule has 2 aromatic carbocycles. The Bertz CT molecular complexity index is 1100. The van der Waals surface area contributed by atoms with E-state index in [1.807, 2.05) is 41.9 Å². The average Bonchev–Trinajstić information content (AvgIpc) is 3.18. The van der Waals surface area contributed by atoms with Gasteiger partial charge in [0.1, 0.15) is 0 Å². The molecular formula is C25H30ClN5O2S. The molecule has 2 N–H and O–H groups in total. The molecule has 1 atom stereocenters. The lowest BCUT2D eigenvalue weighted by Crippen LogP contribution is -2.31. The highest BCUT2D eigenvalue weighted by Crippen LogP contribution is 2.25. The number of nitrogens with zero attached hydrogens (tertiary/aromatic N) is 3. The van der Waals surface area contributed by atoms with Gasteiger partial charge in [0.15, 0.2) is 11.0 Å². The molecule has 0 bridgehead atoms. The lowest BCUT2D eigenvalue weighted by atomic mass is 10.0. The Morgan fingerprint density at radius 3 is 2.47 bits per heavy atom. The molecule has 0 fully saturated rings. The van der Waals surface area contributed by atoms with Gasteiger partial charge in [-0.3, -0.25) is 9.59 Å². The fourth-order valence-corrected chi connectivity index (χ4v) is 4.48. The van der Waals surface area contributed by atoms with E-state index in [2.05, 4.69) is 34.7 Å². The van der Waals surface area contributed by atoms with Crippen LogP contribution < -0.4 is 10.6 Å². The maximum absolute atomic E-state index is 12.9. The molecule has 180 valence electrons. The van der Waals surface area contributed by atoms with E-state index < -0.39 is 0 Å². The highest BCUT2D eigenvalue weighted by Gasteiger charge is 2.24. The number of rotatable bonds is 11. The molecule has 0 saturated heterocycles. The number of hydrogen-bond acceptors (Lipinski definition) is 5. The molecule has 2 amide bonds. The third-order valence-electron chi connectivity index (χ3n) is 5.22. The predicted octanol–water partition coefficient (Wildman–Crippen LogP) is 4.44. The van der Waals surface area contributed by atoms with Crippen LogP contribution in [-0.4, -0.2) is 38.9 Å². The van der Waals surface area contributed by atoms with Crippen molar-refractivity contribution in [2.24, 2.45) is 13.0 Å². The lowest BCUT2D eigenvalue weighted by Gasteiger charge is -2.20. The average molecular weight is 500 g/mol. The Labute approximate surface area is 209 Å². The van der Waals surface area contributed by atoms with E-state index >= 15 is 0 Å². The number of halogens is 1. The third kappa shape index (κ3) is 7.33. The van der Waals surface area contributed by atoms with Crippen LogP contribution in [0, 0.1) is 5.92 Å². The van der Waals surface area contributed by atoms with Gasteiger partial charge in [-0.15, -0.1) is 10.2 Å². The molecule has 0 unspecified atom stereocenters. The summed E-state index contributed by atoms with van der Waals surface area (Å²) in [5, 5.41) is 15.6. The molecule has 7 nitrogen and oxygen atoms in total. The molecule has 3 aromatic rings. The van der Waals surface area contributed by atoms with Crippen molar-refractivity contribution in [3.05, 3.63) is 76.6 Å². The molecule has 3 rings (SSSR count). The van der Waals surface area contributed by atoms with Crippen molar-refractivity contribution in [3.63, 3.8) is 0 Å². The number of benzene rings is 2. The second-order valence-electron chi connectivity index (χ2n) is 8.41. The number of carbonyl (C=O) groups excluding carboxylic acids is 2. The van der Waals surface area contributed by atoms with E-state index in [1.54, 1.807) is 24.3 Å². The summed E-state index contributed by atoms with van der Waals surface area (Å²) >= 11 is 7.52. The normalized spacial score (nSPS) is 11.9. The highest BCUT2D eigenvalue weighted by molar-refractivity contribution is 7.99. The summed E-state index contributed by atoms with van der Waals surface area (Å²) in [5.41, 5.74) is 1.60. The first-order valence-electron chi connectivity index (χ1n) is 11.2. The van der Waals surface area contributed by atoms with E-state index in [0.717, 1.165) is 6.42 Å². The fourth-order valence-electron chi connectivity index (χ4n) is 3.51. The second kappa shape index (κ2) is 12.6. The standard InChI is InChI=1S/C25H30ClN5O2S/c1-17(2)15-21(28-24(33)19-11-7-8-12-20(19)26)23-29-30-25(31(23)3)34-16-22(32)27-14-13-18-9-5-4-6-10-18/h4-12,17,21H,13-16H2,1-3H3,(H,27,32)(H,28,33)/t21-/m1/s1. The number of amides is 2. The van der Waals surface area contributed by atoms with Crippen LogP contribution in [0.4, 0.5) is 0 Å². The van der Waals surface area contributed by atoms with E-state index in [-0.39, 0.29) is 23.6 Å². The van der Waals surface area contributed by atoms with Gasteiger partial charge in [-0.1, -0.05) is 79.7 Å². The molecule has 0 saturated carbocycles. The minimum absolute atomic E-state index is 0.0590. The first-order valence-corrected chi connectivity index (χ1v) is 12.6. The Balaban J connectivity index is 1.59. The maximum Gasteiger partial charge on any atom is 0.253 e. The summed E-state index contributed by atoms with van der Waals surface area (Å²) in [5.74, 6) is 0.880. The van der Waals surface area contributed by atoms with Gasteiger partial charge >= 0.3 is 0 Å². The van der Waals surface area contributed by atoms with Crippen LogP contribution in [0.25, 0.3) is 0 Å². The zero-order chi connectivity index (χ0) is 24.5. The van der Waals surface area contributed by atoms with E-state index in [0.29, 0.717) is 40.5 Å². The van der Waals surface area contributed by atoms with Crippen LogP contribution in [0.3, 0.4) is 0 Å². The van der Waals surface area contributed by atoms with Crippen LogP contribution in [0.15, 0.2) is 59.8 Å². The SMILES string of the molecule is CC(C)C[C@@H](NC(=O)c1ccccc1Cl)c1nnc(SCC(=O)NCCc2ccccc2)n1C. The Kier molecular flexibility index (Phi) is 9.53. The van der Waals surface area contributed by atoms with Gasteiger partial charge in [-0.05, 0) is 36.5 Å². The molecular weight excluding hydrogens is 470 g/mol. The summed E-state index contributed by atoms with van der Waals surface area (Å²) in [4.78, 5) is 25.1. The minimum atomic E-state index is -0.338. The zero-order valence-corrected chi connectivity index (χ0v) is 21.2. The van der Waals surface area contributed by atoms with Crippen molar-refractivity contribution >= 4 is 35.2 Å². The van der Waals surface area contributed by atoms with Crippen LogP contribution in [0.5, 0.6) is 0 Å². The van der Waals surface area contributed by atoms with Crippen LogP contribution >= 0.6 is 23.4 Å². The maximum atomic E-state index is 12.9. The molecule has 0 spiro atoms. The second-order valence-corrected chi connectivity index (χ2v) is 9.76. The van der Waals surface area contributed by atoms with E-state index in [1.165, 1.54) is 17.3 Å².